The van der Waals surface area contributed by atoms with Gasteiger partial charge in [-0.2, -0.15) is 5.10 Å². The molecule has 1 aromatic carbocycles. The molecule has 1 heterocycles. The van der Waals surface area contributed by atoms with Crippen molar-refractivity contribution < 1.29 is 9.53 Å². The van der Waals surface area contributed by atoms with Gasteiger partial charge in [-0.05, 0) is 46.5 Å². The van der Waals surface area contributed by atoms with Crippen LogP contribution in [-0.2, 0) is 6.54 Å². The number of ether oxygens (including phenoxy) is 1. The van der Waals surface area contributed by atoms with Crippen molar-refractivity contribution in [3.05, 3.63) is 45.7 Å². The summed E-state index contributed by atoms with van der Waals surface area (Å²) < 4.78 is 6.17. The SMILES string of the molecule is CCOc1ccc(CN(C)C(=O)c2n[nH]c(C(C)C)c2Br)cc1. The average molecular weight is 380 g/mol. The molecule has 1 amide bonds. The summed E-state index contributed by atoms with van der Waals surface area (Å²) in [4.78, 5) is 14.2. The highest BCUT2D eigenvalue weighted by Gasteiger charge is 2.22. The predicted molar refractivity (Wildman–Crippen MR) is 93.8 cm³/mol. The number of hydrogen-bond donors (Lipinski definition) is 1. The van der Waals surface area contributed by atoms with E-state index in [1.165, 1.54) is 0 Å². The molecule has 0 unspecified atom stereocenters. The van der Waals surface area contributed by atoms with Gasteiger partial charge in [0, 0.05) is 13.6 Å². The Morgan fingerprint density at radius 3 is 2.52 bits per heavy atom. The van der Waals surface area contributed by atoms with Crippen LogP contribution in [0.5, 0.6) is 5.75 Å². The van der Waals surface area contributed by atoms with E-state index < -0.39 is 0 Å². The van der Waals surface area contributed by atoms with Crippen LogP contribution in [0.15, 0.2) is 28.7 Å². The molecule has 0 radical (unpaired) electrons. The normalized spacial score (nSPS) is 10.9. The molecule has 1 aromatic heterocycles. The van der Waals surface area contributed by atoms with Gasteiger partial charge < -0.3 is 9.64 Å². The van der Waals surface area contributed by atoms with Gasteiger partial charge in [0.15, 0.2) is 5.69 Å². The lowest BCUT2D eigenvalue weighted by Gasteiger charge is -2.16. The summed E-state index contributed by atoms with van der Waals surface area (Å²) >= 11 is 3.48. The fraction of sp³-hybridized carbons (Fsp3) is 0.412. The van der Waals surface area contributed by atoms with E-state index in [1.54, 1.807) is 11.9 Å². The Kier molecular flexibility index (Phi) is 5.82. The summed E-state index contributed by atoms with van der Waals surface area (Å²) in [5.74, 6) is 0.991. The number of carbonyl (C=O) groups excluding carboxylic acids is 1. The molecule has 0 spiro atoms. The van der Waals surface area contributed by atoms with Gasteiger partial charge in [0.05, 0.1) is 16.8 Å². The van der Waals surface area contributed by atoms with Gasteiger partial charge in [-0.25, -0.2) is 0 Å². The number of carbonyl (C=O) groups is 1. The van der Waals surface area contributed by atoms with Gasteiger partial charge in [-0.1, -0.05) is 26.0 Å². The van der Waals surface area contributed by atoms with Crippen molar-refractivity contribution in [3.8, 4) is 5.75 Å². The van der Waals surface area contributed by atoms with E-state index in [9.17, 15) is 4.79 Å². The van der Waals surface area contributed by atoms with Crippen molar-refractivity contribution in [2.45, 2.75) is 33.2 Å². The lowest BCUT2D eigenvalue weighted by Crippen LogP contribution is -2.26. The average Bonchev–Trinajstić information content (AvgIpc) is 2.90. The minimum Gasteiger partial charge on any atom is -0.494 e. The molecule has 2 rings (SSSR count). The molecule has 0 atom stereocenters. The zero-order chi connectivity index (χ0) is 17.0. The van der Waals surface area contributed by atoms with Crippen LogP contribution in [0.2, 0.25) is 0 Å². The first kappa shape index (κ1) is 17.5. The molecule has 0 aliphatic carbocycles. The van der Waals surface area contributed by atoms with E-state index in [1.807, 2.05) is 31.2 Å². The molecule has 0 aliphatic heterocycles. The smallest absolute Gasteiger partial charge is 0.275 e. The largest absolute Gasteiger partial charge is 0.494 e. The van der Waals surface area contributed by atoms with Crippen molar-refractivity contribution in [2.24, 2.45) is 0 Å². The number of aromatic amines is 1. The van der Waals surface area contributed by atoms with Crippen LogP contribution in [0.4, 0.5) is 0 Å². The zero-order valence-electron chi connectivity index (χ0n) is 13.9. The minimum atomic E-state index is -0.117. The third-order valence-electron chi connectivity index (χ3n) is 3.51. The fourth-order valence-electron chi connectivity index (χ4n) is 2.25. The summed E-state index contributed by atoms with van der Waals surface area (Å²) in [6.07, 6.45) is 0. The summed E-state index contributed by atoms with van der Waals surface area (Å²) in [6.45, 7) is 7.21. The van der Waals surface area contributed by atoms with Gasteiger partial charge >= 0.3 is 0 Å². The lowest BCUT2D eigenvalue weighted by molar-refractivity contribution is 0.0778. The Bertz CT molecular complexity index is 665. The Balaban J connectivity index is 2.08. The van der Waals surface area contributed by atoms with Crippen LogP contribution >= 0.6 is 15.9 Å². The molecule has 0 saturated heterocycles. The summed E-state index contributed by atoms with van der Waals surface area (Å²) in [5, 5.41) is 7.09. The van der Waals surface area contributed by atoms with Gasteiger partial charge in [-0.15, -0.1) is 0 Å². The Morgan fingerprint density at radius 2 is 2.00 bits per heavy atom. The second-order valence-electron chi connectivity index (χ2n) is 5.69. The topological polar surface area (TPSA) is 58.2 Å². The maximum atomic E-state index is 12.6. The number of nitrogens with zero attached hydrogens (tertiary/aromatic N) is 2. The van der Waals surface area contributed by atoms with Crippen molar-refractivity contribution in [1.29, 1.82) is 0 Å². The number of nitrogens with one attached hydrogen (secondary N) is 1. The van der Waals surface area contributed by atoms with Crippen LogP contribution < -0.4 is 4.74 Å². The molecule has 124 valence electrons. The highest BCUT2D eigenvalue weighted by molar-refractivity contribution is 9.10. The predicted octanol–water partition coefficient (Wildman–Crippen LogP) is 3.97. The summed E-state index contributed by atoms with van der Waals surface area (Å²) in [6, 6.07) is 7.76. The van der Waals surface area contributed by atoms with Crippen LogP contribution in [0.25, 0.3) is 0 Å². The number of rotatable bonds is 6. The van der Waals surface area contributed by atoms with Crippen LogP contribution in [-0.4, -0.2) is 34.7 Å². The zero-order valence-corrected chi connectivity index (χ0v) is 15.5. The fourth-order valence-corrected chi connectivity index (χ4v) is 3.06. The van der Waals surface area contributed by atoms with Crippen molar-refractivity contribution in [3.63, 3.8) is 0 Å². The minimum absolute atomic E-state index is 0.117. The monoisotopic (exact) mass is 379 g/mol. The van der Waals surface area contributed by atoms with Gasteiger partial charge in [-0.3, -0.25) is 9.89 Å². The first-order valence-electron chi connectivity index (χ1n) is 7.65. The van der Waals surface area contributed by atoms with Crippen molar-refractivity contribution >= 4 is 21.8 Å². The van der Waals surface area contributed by atoms with E-state index in [4.69, 9.17) is 4.74 Å². The first-order chi connectivity index (χ1) is 10.9. The summed E-state index contributed by atoms with van der Waals surface area (Å²) in [7, 11) is 1.77. The van der Waals surface area contributed by atoms with Crippen LogP contribution in [0, 0.1) is 0 Å². The van der Waals surface area contributed by atoms with Gasteiger partial charge in [0.1, 0.15) is 5.75 Å². The Hall–Kier alpha value is -1.82. The molecule has 0 aliphatic rings. The molecule has 1 N–H and O–H groups in total. The lowest BCUT2D eigenvalue weighted by atomic mass is 10.1. The van der Waals surface area contributed by atoms with Crippen molar-refractivity contribution in [2.75, 3.05) is 13.7 Å². The van der Waals surface area contributed by atoms with Crippen molar-refractivity contribution in [1.82, 2.24) is 15.1 Å². The molecule has 2 aromatic rings. The highest BCUT2D eigenvalue weighted by Crippen LogP contribution is 2.26. The molecule has 0 saturated carbocycles. The summed E-state index contributed by atoms with van der Waals surface area (Å²) in [5.41, 5.74) is 2.39. The molecule has 0 fully saturated rings. The van der Waals surface area contributed by atoms with Crippen LogP contribution in [0.3, 0.4) is 0 Å². The molecule has 5 nitrogen and oxygen atoms in total. The molecule has 23 heavy (non-hydrogen) atoms. The van der Waals surface area contributed by atoms with Gasteiger partial charge in [0.25, 0.3) is 5.91 Å². The van der Waals surface area contributed by atoms with E-state index >= 15 is 0 Å². The first-order valence-corrected chi connectivity index (χ1v) is 8.44. The third-order valence-corrected chi connectivity index (χ3v) is 4.32. The second-order valence-corrected chi connectivity index (χ2v) is 6.49. The van der Waals surface area contributed by atoms with Gasteiger partial charge in [0.2, 0.25) is 0 Å². The number of aromatic nitrogens is 2. The maximum absolute atomic E-state index is 12.6. The maximum Gasteiger partial charge on any atom is 0.275 e. The number of H-pyrrole nitrogens is 1. The molecule has 0 bridgehead atoms. The second kappa shape index (κ2) is 7.64. The molecule has 6 heteroatoms. The van der Waals surface area contributed by atoms with E-state index in [0.717, 1.165) is 21.5 Å². The number of hydrogen-bond acceptors (Lipinski definition) is 3. The standard InChI is InChI=1S/C17H22BrN3O2/c1-5-23-13-8-6-12(7-9-13)10-21(4)17(22)16-14(18)15(11(2)3)19-20-16/h6-9,11H,5,10H2,1-4H3,(H,19,20). The Labute approximate surface area is 145 Å². The quantitative estimate of drug-likeness (QED) is 0.825. The molecular formula is C17H22BrN3O2. The molecular weight excluding hydrogens is 358 g/mol. The van der Waals surface area contributed by atoms with E-state index in [0.29, 0.717) is 18.8 Å². The third kappa shape index (κ3) is 4.13. The van der Waals surface area contributed by atoms with E-state index in [-0.39, 0.29) is 11.8 Å². The number of amides is 1. The van der Waals surface area contributed by atoms with Crippen LogP contribution in [0.1, 0.15) is 48.4 Å². The van der Waals surface area contributed by atoms with E-state index in [2.05, 4.69) is 40.0 Å². The highest BCUT2D eigenvalue weighted by atomic mass is 79.9. The number of benzene rings is 1. The number of halogens is 1. The Morgan fingerprint density at radius 1 is 1.35 bits per heavy atom.